The van der Waals surface area contributed by atoms with Crippen LogP contribution in [-0.2, 0) is 11.3 Å². The first-order valence-electron chi connectivity index (χ1n) is 6.59. The topological polar surface area (TPSA) is 60.2 Å². The van der Waals surface area contributed by atoms with Crippen LogP contribution in [0.5, 0.6) is 0 Å². The largest absolute Gasteiger partial charge is 0.383 e. The number of nitrogens with one attached hydrogen (secondary N) is 1. The normalized spacial score (nSPS) is 10.9. The van der Waals surface area contributed by atoms with Crippen LogP contribution in [-0.4, -0.2) is 36.2 Å². The van der Waals surface area contributed by atoms with Crippen molar-refractivity contribution in [1.82, 2.24) is 15.5 Å². The summed E-state index contributed by atoms with van der Waals surface area (Å²) in [6, 6.07) is 8.20. The number of benzene rings is 1. The van der Waals surface area contributed by atoms with Crippen LogP contribution in [0.2, 0.25) is 0 Å². The predicted octanol–water partition coefficient (Wildman–Crippen LogP) is 2.58. The molecule has 1 aromatic carbocycles. The van der Waals surface area contributed by atoms with Gasteiger partial charge in [0.2, 0.25) is 11.7 Å². The summed E-state index contributed by atoms with van der Waals surface area (Å²) >= 11 is 1.81. The minimum atomic E-state index is 0.556. The van der Waals surface area contributed by atoms with Gasteiger partial charge < -0.3 is 14.6 Å². The third kappa shape index (κ3) is 4.33. The maximum atomic E-state index is 5.21. The van der Waals surface area contributed by atoms with E-state index >= 15 is 0 Å². The number of aromatic nitrogens is 2. The fourth-order valence-electron chi connectivity index (χ4n) is 1.68. The third-order valence-electron chi connectivity index (χ3n) is 2.65. The van der Waals surface area contributed by atoms with Crippen molar-refractivity contribution in [2.24, 2.45) is 0 Å². The molecule has 0 aliphatic heterocycles. The monoisotopic (exact) mass is 293 g/mol. The van der Waals surface area contributed by atoms with Gasteiger partial charge in [0.1, 0.15) is 0 Å². The first-order valence-corrected chi connectivity index (χ1v) is 7.57. The Bertz CT molecular complexity index is 513. The Kier molecular flexibility index (Phi) is 6.04. The molecule has 0 atom stereocenters. The Morgan fingerprint density at radius 1 is 1.30 bits per heavy atom. The van der Waals surface area contributed by atoms with E-state index in [4.69, 9.17) is 9.26 Å². The van der Waals surface area contributed by atoms with Gasteiger partial charge in [-0.3, -0.25) is 0 Å². The maximum absolute atomic E-state index is 5.21. The molecule has 0 amide bonds. The lowest BCUT2D eigenvalue weighted by Crippen LogP contribution is -2.18. The van der Waals surface area contributed by atoms with Crippen LogP contribution in [0.4, 0.5) is 0 Å². The van der Waals surface area contributed by atoms with Crippen molar-refractivity contribution >= 4 is 11.8 Å². The van der Waals surface area contributed by atoms with E-state index in [1.165, 1.54) is 4.90 Å². The summed E-state index contributed by atoms with van der Waals surface area (Å²) in [5.74, 6) is 2.28. The summed E-state index contributed by atoms with van der Waals surface area (Å²) in [5, 5.41) is 7.17. The smallest absolute Gasteiger partial charge is 0.240 e. The molecule has 1 N–H and O–H groups in total. The van der Waals surface area contributed by atoms with Crippen molar-refractivity contribution in [2.75, 3.05) is 26.0 Å². The van der Waals surface area contributed by atoms with Gasteiger partial charge in [-0.15, -0.1) is 11.8 Å². The molecule has 0 aliphatic carbocycles. The minimum absolute atomic E-state index is 0.556. The molecule has 0 radical (unpaired) electrons. The fraction of sp³-hybridized carbons (Fsp3) is 0.429. The molecule has 108 valence electrons. The molecule has 0 bridgehead atoms. The van der Waals surface area contributed by atoms with Gasteiger partial charge >= 0.3 is 0 Å². The summed E-state index contributed by atoms with van der Waals surface area (Å²) in [7, 11) is 1.67. The predicted molar refractivity (Wildman–Crippen MR) is 79.7 cm³/mol. The lowest BCUT2D eigenvalue weighted by Gasteiger charge is -1.99. The van der Waals surface area contributed by atoms with Gasteiger partial charge in [-0.2, -0.15) is 4.98 Å². The molecule has 6 heteroatoms. The summed E-state index contributed by atoms with van der Waals surface area (Å²) in [6.45, 7) is 4.12. The highest BCUT2D eigenvalue weighted by atomic mass is 32.2. The average molecular weight is 293 g/mol. The van der Waals surface area contributed by atoms with E-state index < -0.39 is 0 Å². The van der Waals surface area contributed by atoms with E-state index in [-0.39, 0.29) is 0 Å². The van der Waals surface area contributed by atoms with E-state index in [1.807, 2.05) is 23.9 Å². The van der Waals surface area contributed by atoms with Crippen LogP contribution >= 0.6 is 11.8 Å². The Morgan fingerprint density at radius 2 is 2.10 bits per heavy atom. The Balaban J connectivity index is 1.93. The van der Waals surface area contributed by atoms with Crippen LogP contribution in [0.3, 0.4) is 0 Å². The SMILES string of the molecule is CCSc1ccc(-c2noc(CNCCOC)n2)cc1. The molecule has 2 aromatic rings. The third-order valence-corrected chi connectivity index (χ3v) is 3.54. The van der Waals surface area contributed by atoms with E-state index in [9.17, 15) is 0 Å². The van der Waals surface area contributed by atoms with Crippen LogP contribution in [0.15, 0.2) is 33.7 Å². The van der Waals surface area contributed by atoms with Crippen molar-refractivity contribution in [1.29, 1.82) is 0 Å². The highest BCUT2D eigenvalue weighted by Gasteiger charge is 2.08. The van der Waals surface area contributed by atoms with Crippen molar-refractivity contribution in [3.05, 3.63) is 30.2 Å². The zero-order valence-electron chi connectivity index (χ0n) is 11.8. The molecule has 0 saturated heterocycles. The number of hydrogen-bond acceptors (Lipinski definition) is 6. The zero-order valence-corrected chi connectivity index (χ0v) is 12.6. The molecule has 2 rings (SSSR count). The second-order valence-electron chi connectivity index (χ2n) is 4.14. The second-order valence-corrected chi connectivity index (χ2v) is 5.48. The number of thioether (sulfide) groups is 1. The molecular formula is C14H19N3O2S. The molecule has 0 spiro atoms. The highest BCUT2D eigenvalue weighted by Crippen LogP contribution is 2.22. The summed E-state index contributed by atoms with van der Waals surface area (Å²) in [4.78, 5) is 5.62. The van der Waals surface area contributed by atoms with E-state index in [2.05, 4.69) is 34.5 Å². The standard InChI is InChI=1S/C14H19N3O2S/c1-3-20-12-6-4-11(5-7-12)14-16-13(19-17-14)10-15-8-9-18-2/h4-7,15H,3,8-10H2,1-2H3. The molecule has 1 aromatic heterocycles. The molecule has 1 heterocycles. The molecule has 0 fully saturated rings. The van der Waals surface area contributed by atoms with Gasteiger partial charge in [0.25, 0.3) is 0 Å². The Labute approximate surface area is 123 Å². The molecule has 0 unspecified atom stereocenters. The molecule has 20 heavy (non-hydrogen) atoms. The molecule has 0 aliphatic rings. The lowest BCUT2D eigenvalue weighted by atomic mass is 10.2. The van der Waals surface area contributed by atoms with Gasteiger partial charge in [0, 0.05) is 24.1 Å². The van der Waals surface area contributed by atoms with Crippen LogP contribution in [0.1, 0.15) is 12.8 Å². The van der Waals surface area contributed by atoms with Gasteiger partial charge in [0.15, 0.2) is 0 Å². The number of nitrogens with zero attached hydrogens (tertiary/aromatic N) is 2. The zero-order chi connectivity index (χ0) is 14.2. The molecule has 0 saturated carbocycles. The maximum Gasteiger partial charge on any atom is 0.240 e. The van der Waals surface area contributed by atoms with Crippen molar-refractivity contribution in [2.45, 2.75) is 18.4 Å². The first-order chi connectivity index (χ1) is 9.83. The summed E-state index contributed by atoms with van der Waals surface area (Å²) < 4.78 is 10.2. The van der Waals surface area contributed by atoms with E-state index in [1.54, 1.807) is 7.11 Å². The summed E-state index contributed by atoms with van der Waals surface area (Å²) in [6.07, 6.45) is 0. The Hall–Kier alpha value is -1.37. The summed E-state index contributed by atoms with van der Waals surface area (Å²) in [5.41, 5.74) is 0.970. The van der Waals surface area contributed by atoms with Gasteiger partial charge in [-0.1, -0.05) is 12.1 Å². The van der Waals surface area contributed by atoms with Crippen LogP contribution < -0.4 is 5.32 Å². The minimum Gasteiger partial charge on any atom is -0.383 e. The van der Waals surface area contributed by atoms with Gasteiger partial charge in [-0.05, 0) is 30.0 Å². The molecule has 5 nitrogen and oxygen atoms in total. The van der Waals surface area contributed by atoms with Crippen molar-refractivity contribution in [3.8, 4) is 11.4 Å². The number of hydrogen-bond donors (Lipinski definition) is 1. The van der Waals surface area contributed by atoms with E-state index in [0.29, 0.717) is 24.9 Å². The molecular weight excluding hydrogens is 274 g/mol. The van der Waals surface area contributed by atoms with Crippen LogP contribution in [0, 0.1) is 0 Å². The average Bonchev–Trinajstić information content (AvgIpc) is 2.94. The first kappa shape index (κ1) is 15.0. The second kappa shape index (κ2) is 8.04. The van der Waals surface area contributed by atoms with E-state index in [0.717, 1.165) is 17.9 Å². The quantitative estimate of drug-likeness (QED) is 0.596. The van der Waals surface area contributed by atoms with Crippen molar-refractivity contribution < 1.29 is 9.26 Å². The van der Waals surface area contributed by atoms with Gasteiger partial charge in [-0.25, -0.2) is 0 Å². The fourth-order valence-corrected chi connectivity index (χ4v) is 2.34. The Morgan fingerprint density at radius 3 is 2.80 bits per heavy atom. The van der Waals surface area contributed by atoms with Crippen LogP contribution in [0.25, 0.3) is 11.4 Å². The van der Waals surface area contributed by atoms with Crippen molar-refractivity contribution in [3.63, 3.8) is 0 Å². The lowest BCUT2D eigenvalue weighted by molar-refractivity contribution is 0.197. The number of methoxy groups -OCH3 is 1. The number of rotatable bonds is 8. The van der Waals surface area contributed by atoms with Gasteiger partial charge in [0.05, 0.1) is 13.2 Å². The highest BCUT2D eigenvalue weighted by molar-refractivity contribution is 7.99. The number of ether oxygens (including phenoxy) is 1.